The molecule has 0 radical (unpaired) electrons. The third-order valence-corrected chi connectivity index (χ3v) is 5.70. The lowest BCUT2D eigenvalue weighted by Crippen LogP contribution is -2.48. The lowest BCUT2D eigenvalue weighted by Gasteiger charge is -2.29. The van der Waals surface area contributed by atoms with Crippen LogP contribution in [0.15, 0.2) is 67.0 Å². The first kappa shape index (κ1) is 25.1. The number of carbonyl (C=O) groups is 2. The highest BCUT2D eigenvalue weighted by Gasteiger charge is 2.26. The topological polar surface area (TPSA) is 80.8 Å². The van der Waals surface area contributed by atoms with Gasteiger partial charge in [0.2, 0.25) is 11.8 Å². The van der Waals surface area contributed by atoms with Gasteiger partial charge in [-0.25, -0.2) is 0 Å². The number of hydrogen-bond acceptors (Lipinski definition) is 5. The summed E-state index contributed by atoms with van der Waals surface area (Å²) in [6.07, 6.45) is 3.45. The van der Waals surface area contributed by atoms with E-state index >= 15 is 0 Å². The molecule has 1 heterocycles. The summed E-state index contributed by atoms with van der Waals surface area (Å²) in [5.41, 5.74) is 2.56. The van der Waals surface area contributed by atoms with Crippen molar-refractivity contribution in [2.24, 2.45) is 0 Å². The van der Waals surface area contributed by atoms with Crippen LogP contribution in [0.4, 0.5) is 0 Å². The number of nitrogens with one attached hydrogen (secondary N) is 1. The van der Waals surface area contributed by atoms with E-state index in [-0.39, 0.29) is 24.8 Å². The molecule has 0 spiro atoms. The summed E-state index contributed by atoms with van der Waals surface area (Å²) in [4.78, 5) is 31.9. The molecule has 0 bridgehead atoms. The quantitative estimate of drug-likeness (QED) is 0.473. The van der Waals surface area contributed by atoms with Crippen LogP contribution >= 0.6 is 11.6 Å². The van der Waals surface area contributed by atoms with E-state index in [4.69, 9.17) is 21.1 Å². The predicted octanol–water partition coefficient (Wildman–Crippen LogP) is 4.03. The second-order valence-electron chi connectivity index (χ2n) is 7.76. The summed E-state index contributed by atoms with van der Waals surface area (Å²) in [6, 6.07) is 15.5. The van der Waals surface area contributed by atoms with Gasteiger partial charge < -0.3 is 19.7 Å². The molecule has 1 unspecified atom stereocenters. The van der Waals surface area contributed by atoms with Gasteiger partial charge in [-0.05, 0) is 60.0 Å². The van der Waals surface area contributed by atoms with E-state index in [2.05, 4.69) is 10.3 Å². The van der Waals surface area contributed by atoms with E-state index in [1.54, 1.807) is 62.7 Å². The Bertz CT molecular complexity index is 1110. The van der Waals surface area contributed by atoms with Crippen molar-refractivity contribution in [3.63, 3.8) is 0 Å². The summed E-state index contributed by atoms with van der Waals surface area (Å²) < 4.78 is 10.6. The highest BCUT2D eigenvalue weighted by atomic mass is 35.5. The fraction of sp³-hybridized carbons (Fsp3) is 0.269. The minimum absolute atomic E-state index is 0.107. The molecular formula is C26H28ClN3O4. The lowest BCUT2D eigenvalue weighted by atomic mass is 10.1. The number of nitrogens with zero attached hydrogens (tertiary/aromatic N) is 2. The summed E-state index contributed by atoms with van der Waals surface area (Å²) >= 11 is 6.01. The van der Waals surface area contributed by atoms with E-state index in [9.17, 15) is 9.59 Å². The van der Waals surface area contributed by atoms with Gasteiger partial charge >= 0.3 is 0 Å². The van der Waals surface area contributed by atoms with Crippen LogP contribution < -0.4 is 14.8 Å². The third-order valence-electron chi connectivity index (χ3n) is 5.45. The maximum atomic E-state index is 13.4. The van der Waals surface area contributed by atoms with Gasteiger partial charge in [0.15, 0.2) is 11.5 Å². The van der Waals surface area contributed by atoms with Crippen LogP contribution in [0.1, 0.15) is 23.6 Å². The molecule has 0 saturated heterocycles. The first-order chi connectivity index (χ1) is 16.4. The Morgan fingerprint density at radius 3 is 2.24 bits per heavy atom. The summed E-state index contributed by atoms with van der Waals surface area (Å²) in [7, 11) is 3.11. The van der Waals surface area contributed by atoms with Gasteiger partial charge in [0, 0.05) is 30.5 Å². The van der Waals surface area contributed by atoms with E-state index in [1.807, 2.05) is 30.3 Å². The van der Waals surface area contributed by atoms with E-state index in [0.29, 0.717) is 23.1 Å². The molecule has 34 heavy (non-hydrogen) atoms. The number of ether oxygens (including phenoxy) is 2. The molecular weight excluding hydrogens is 454 g/mol. The number of aromatic nitrogens is 1. The van der Waals surface area contributed by atoms with Crippen molar-refractivity contribution in [3.05, 3.63) is 88.7 Å². The maximum absolute atomic E-state index is 13.4. The molecule has 1 aromatic heterocycles. The molecule has 7 nitrogen and oxygen atoms in total. The smallest absolute Gasteiger partial charge is 0.242 e. The minimum atomic E-state index is -0.690. The number of halogens is 1. The van der Waals surface area contributed by atoms with Crippen LogP contribution in [0.25, 0.3) is 0 Å². The molecule has 178 valence electrons. The number of amides is 2. The normalized spacial score (nSPS) is 11.4. The van der Waals surface area contributed by atoms with E-state index < -0.39 is 6.04 Å². The van der Waals surface area contributed by atoms with Crippen molar-refractivity contribution in [2.45, 2.75) is 32.5 Å². The number of carbonyl (C=O) groups excluding carboxylic acids is 2. The number of rotatable bonds is 10. The molecule has 1 atom stereocenters. The molecule has 0 saturated carbocycles. The third kappa shape index (κ3) is 6.71. The van der Waals surface area contributed by atoms with Gasteiger partial charge in [-0.1, -0.05) is 29.8 Å². The highest BCUT2D eigenvalue weighted by molar-refractivity contribution is 6.30. The fourth-order valence-electron chi connectivity index (χ4n) is 3.47. The molecule has 3 rings (SSSR count). The zero-order chi connectivity index (χ0) is 24.5. The van der Waals surface area contributed by atoms with Gasteiger partial charge in [0.05, 0.1) is 20.6 Å². The largest absolute Gasteiger partial charge is 0.493 e. The lowest BCUT2D eigenvalue weighted by molar-refractivity contribution is -0.140. The van der Waals surface area contributed by atoms with Crippen LogP contribution in [0.3, 0.4) is 0 Å². The van der Waals surface area contributed by atoms with E-state index in [0.717, 1.165) is 16.7 Å². The number of benzene rings is 2. The van der Waals surface area contributed by atoms with Crippen molar-refractivity contribution in [2.75, 3.05) is 14.2 Å². The molecule has 2 aromatic carbocycles. The molecule has 3 aromatic rings. The van der Waals surface area contributed by atoms with Gasteiger partial charge in [-0.15, -0.1) is 0 Å². The summed E-state index contributed by atoms with van der Waals surface area (Å²) in [5, 5.41) is 3.51. The molecule has 0 aliphatic carbocycles. The summed E-state index contributed by atoms with van der Waals surface area (Å²) in [5.74, 6) is 0.695. The van der Waals surface area contributed by atoms with Gasteiger partial charge in [0.1, 0.15) is 6.04 Å². The van der Waals surface area contributed by atoms with Crippen LogP contribution in [0.5, 0.6) is 11.5 Å². The van der Waals surface area contributed by atoms with Crippen LogP contribution in [-0.2, 0) is 29.1 Å². The van der Waals surface area contributed by atoms with Gasteiger partial charge in [-0.2, -0.15) is 0 Å². The molecule has 2 amide bonds. The van der Waals surface area contributed by atoms with Crippen LogP contribution in [0, 0.1) is 0 Å². The van der Waals surface area contributed by atoms with Crippen molar-refractivity contribution in [1.82, 2.24) is 15.2 Å². The Kier molecular flexibility index (Phi) is 8.87. The average molecular weight is 482 g/mol. The standard InChI is InChI=1S/C26H28ClN3O4/c1-18(26(32)29-16-19-10-12-28-13-11-19)30(17-20-4-7-22(27)8-5-20)25(31)15-21-6-9-23(33-2)24(14-21)34-3/h4-14,18H,15-17H2,1-3H3,(H,29,32). The van der Waals surface area contributed by atoms with Crippen molar-refractivity contribution in [1.29, 1.82) is 0 Å². The van der Waals surface area contributed by atoms with Crippen molar-refractivity contribution in [3.8, 4) is 11.5 Å². The fourth-order valence-corrected chi connectivity index (χ4v) is 3.60. The second-order valence-corrected chi connectivity index (χ2v) is 8.20. The first-order valence-electron chi connectivity index (χ1n) is 10.8. The SMILES string of the molecule is COc1ccc(CC(=O)N(Cc2ccc(Cl)cc2)C(C)C(=O)NCc2ccncc2)cc1OC. The first-order valence-corrected chi connectivity index (χ1v) is 11.2. The van der Waals surface area contributed by atoms with Crippen LogP contribution in [-0.4, -0.2) is 42.0 Å². The Hall–Kier alpha value is -3.58. The predicted molar refractivity (Wildman–Crippen MR) is 131 cm³/mol. The molecule has 0 aliphatic rings. The molecule has 0 fully saturated rings. The van der Waals surface area contributed by atoms with E-state index in [1.165, 1.54) is 0 Å². The monoisotopic (exact) mass is 481 g/mol. The Morgan fingerprint density at radius 1 is 0.941 bits per heavy atom. The number of hydrogen-bond donors (Lipinski definition) is 1. The molecule has 8 heteroatoms. The van der Waals surface area contributed by atoms with Gasteiger partial charge in [0.25, 0.3) is 0 Å². The Balaban J connectivity index is 1.78. The Morgan fingerprint density at radius 2 is 1.59 bits per heavy atom. The average Bonchev–Trinajstić information content (AvgIpc) is 2.86. The maximum Gasteiger partial charge on any atom is 0.242 e. The zero-order valence-electron chi connectivity index (χ0n) is 19.5. The minimum Gasteiger partial charge on any atom is -0.493 e. The highest BCUT2D eigenvalue weighted by Crippen LogP contribution is 2.28. The molecule has 1 N–H and O–H groups in total. The summed E-state index contributed by atoms with van der Waals surface area (Å²) in [6.45, 7) is 2.35. The Labute approximate surface area is 204 Å². The van der Waals surface area contributed by atoms with Crippen molar-refractivity contribution >= 4 is 23.4 Å². The molecule has 0 aliphatic heterocycles. The number of pyridine rings is 1. The number of methoxy groups -OCH3 is 2. The van der Waals surface area contributed by atoms with Crippen molar-refractivity contribution < 1.29 is 19.1 Å². The van der Waals surface area contributed by atoms with Gasteiger partial charge in [-0.3, -0.25) is 14.6 Å². The zero-order valence-corrected chi connectivity index (χ0v) is 20.2. The van der Waals surface area contributed by atoms with Crippen LogP contribution in [0.2, 0.25) is 5.02 Å². The second kappa shape index (κ2) is 12.0.